The quantitative estimate of drug-likeness (QED) is 0.669. The van der Waals surface area contributed by atoms with E-state index in [0.717, 1.165) is 27.9 Å². The summed E-state index contributed by atoms with van der Waals surface area (Å²) in [7, 11) is 0. The normalized spacial score (nSPS) is 10.7. The molecule has 0 aliphatic heterocycles. The number of benzene rings is 1. The van der Waals surface area contributed by atoms with E-state index in [2.05, 4.69) is 44.1 Å². The van der Waals surface area contributed by atoms with Crippen LogP contribution in [0.5, 0.6) is 0 Å². The van der Waals surface area contributed by atoms with E-state index in [1.54, 1.807) is 0 Å². The summed E-state index contributed by atoms with van der Waals surface area (Å²) in [4.78, 5) is 9.07. The molecular formula is C15H11BrN2. The van der Waals surface area contributed by atoms with Gasteiger partial charge in [0.25, 0.3) is 0 Å². The molecule has 0 aliphatic rings. The van der Waals surface area contributed by atoms with Gasteiger partial charge in [0, 0.05) is 23.2 Å². The predicted molar refractivity (Wildman–Crippen MR) is 76.5 cm³/mol. The summed E-state index contributed by atoms with van der Waals surface area (Å²) in [5.41, 5.74) is 3.09. The van der Waals surface area contributed by atoms with Crippen LogP contribution in [0.1, 0.15) is 11.4 Å². The molecule has 0 aliphatic carbocycles. The van der Waals surface area contributed by atoms with Crippen molar-refractivity contribution in [3.05, 3.63) is 70.6 Å². The van der Waals surface area contributed by atoms with Crippen LogP contribution >= 0.6 is 15.9 Å². The van der Waals surface area contributed by atoms with Gasteiger partial charge in [-0.05, 0) is 40.2 Å². The molecule has 88 valence electrons. The number of halogens is 1. The molecule has 3 heteroatoms. The maximum atomic E-state index is 4.64. The molecule has 0 radical (unpaired) electrons. The monoisotopic (exact) mass is 298 g/mol. The molecule has 0 fully saturated rings. The third-order valence-electron chi connectivity index (χ3n) is 2.79. The summed E-state index contributed by atoms with van der Waals surface area (Å²) < 4.78 is 0.862. The van der Waals surface area contributed by atoms with E-state index in [1.165, 1.54) is 5.39 Å². The van der Waals surface area contributed by atoms with E-state index < -0.39 is 0 Å². The Morgan fingerprint density at radius 2 is 1.61 bits per heavy atom. The third-order valence-corrected chi connectivity index (χ3v) is 3.23. The average molecular weight is 299 g/mol. The molecule has 0 saturated heterocycles. The summed E-state index contributed by atoms with van der Waals surface area (Å²) >= 11 is 3.38. The zero-order chi connectivity index (χ0) is 12.4. The predicted octanol–water partition coefficient (Wildman–Crippen LogP) is 3.98. The Morgan fingerprint density at radius 1 is 0.778 bits per heavy atom. The topological polar surface area (TPSA) is 25.8 Å². The fourth-order valence-corrected chi connectivity index (χ4v) is 2.32. The molecule has 0 unspecified atom stereocenters. The Kier molecular flexibility index (Phi) is 3.07. The van der Waals surface area contributed by atoms with Gasteiger partial charge in [-0.25, -0.2) is 4.98 Å². The fourth-order valence-electron chi connectivity index (χ4n) is 1.94. The lowest BCUT2D eigenvalue weighted by Gasteiger charge is -2.03. The van der Waals surface area contributed by atoms with Gasteiger partial charge in [-0.2, -0.15) is 0 Å². The second kappa shape index (κ2) is 4.86. The van der Waals surface area contributed by atoms with E-state index in [9.17, 15) is 0 Å². The highest BCUT2D eigenvalue weighted by Gasteiger charge is 2.01. The maximum absolute atomic E-state index is 4.64. The minimum Gasteiger partial charge on any atom is -0.252 e. The van der Waals surface area contributed by atoms with Crippen molar-refractivity contribution in [2.24, 2.45) is 0 Å². The van der Waals surface area contributed by atoms with E-state index in [1.807, 2.05) is 36.4 Å². The summed E-state index contributed by atoms with van der Waals surface area (Å²) in [5, 5.41) is 1.17. The number of fused-ring (bicyclic) bond motifs is 1. The molecule has 3 aromatic rings. The van der Waals surface area contributed by atoms with Crippen LogP contribution in [0, 0.1) is 0 Å². The smallest absolute Gasteiger partial charge is 0.106 e. The SMILES string of the molecule is Brc1cccc(Cc2ccc3ccccc3n2)n1. The number of aromatic nitrogens is 2. The molecule has 18 heavy (non-hydrogen) atoms. The van der Waals surface area contributed by atoms with Crippen LogP contribution in [0.15, 0.2) is 59.2 Å². The molecule has 2 heterocycles. The van der Waals surface area contributed by atoms with Crippen LogP contribution in [-0.2, 0) is 6.42 Å². The van der Waals surface area contributed by atoms with Crippen LogP contribution < -0.4 is 0 Å². The van der Waals surface area contributed by atoms with Gasteiger partial charge in [0.15, 0.2) is 0 Å². The van der Waals surface area contributed by atoms with Crippen molar-refractivity contribution in [2.45, 2.75) is 6.42 Å². The van der Waals surface area contributed by atoms with Gasteiger partial charge < -0.3 is 0 Å². The molecule has 3 rings (SSSR count). The highest BCUT2D eigenvalue weighted by atomic mass is 79.9. The van der Waals surface area contributed by atoms with Crippen molar-refractivity contribution >= 4 is 26.8 Å². The van der Waals surface area contributed by atoms with Crippen molar-refractivity contribution < 1.29 is 0 Å². The van der Waals surface area contributed by atoms with Gasteiger partial charge >= 0.3 is 0 Å². The number of pyridine rings is 2. The summed E-state index contributed by atoms with van der Waals surface area (Å²) in [6, 6.07) is 18.2. The Morgan fingerprint density at radius 3 is 2.50 bits per heavy atom. The number of nitrogens with zero attached hydrogens (tertiary/aromatic N) is 2. The number of rotatable bonds is 2. The lowest BCUT2D eigenvalue weighted by molar-refractivity contribution is 1.02. The third kappa shape index (κ3) is 2.41. The van der Waals surface area contributed by atoms with Crippen molar-refractivity contribution in [3.8, 4) is 0 Å². The van der Waals surface area contributed by atoms with Gasteiger partial charge in [0.2, 0.25) is 0 Å². The van der Waals surface area contributed by atoms with Gasteiger partial charge in [-0.3, -0.25) is 4.98 Å². The fraction of sp³-hybridized carbons (Fsp3) is 0.0667. The highest BCUT2D eigenvalue weighted by Crippen LogP contribution is 2.14. The first-order chi connectivity index (χ1) is 8.81. The van der Waals surface area contributed by atoms with Crippen LogP contribution in [0.3, 0.4) is 0 Å². The summed E-state index contributed by atoms with van der Waals surface area (Å²) in [6.07, 6.45) is 0.754. The number of para-hydroxylation sites is 1. The van der Waals surface area contributed by atoms with Gasteiger partial charge in [-0.15, -0.1) is 0 Å². The van der Waals surface area contributed by atoms with Crippen LogP contribution in [-0.4, -0.2) is 9.97 Å². The van der Waals surface area contributed by atoms with Crippen molar-refractivity contribution in [1.29, 1.82) is 0 Å². The second-order valence-electron chi connectivity index (χ2n) is 4.12. The minimum atomic E-state index is 0.754. The molecule has 0 saturated carbocycles. The lowest BCUT2D eigenvalue weighted by Crippen LogP contribution is -1.95. The lowest BCUT2D eigenvalue weighted by atomic mass is 10.1. The van der Waals surface area contributed by atoms with Gasteiger partial charge in [-0.1, -0.05) is 30.3 Å². The van der Waals surface area contributed by atoms with Crippen molar-refractivity contribution in [2.75, 3.05) is 0 Å². The van der Waals surface area contributed by atoms with Crippen molar-refractivity contribution in [1.82, 2.24) is 9.97 Å². The Balaban J connectivity index is 1.95. The second-order valence-corrected chi connectivity index (χ2v) is 4.94. The molecule has 2 nitrogen and oxygen atoms in total. The first kappa shape index (κ1) is 11.4. The molecule has 0 amide bonds. The largest absolute Gasteiger partial charge is 0.252 e. The number of hydrogen-bond donors (Lipinski definition) is 0. The zero-order valence-electron chi connectivity index (χ0n) is 9.68. The van der Waals surface area contributed by atoms with Gasteiger partial charge in [0.05, 0.1) is 5.52 Å². The van der Waals surface area contributed by atoms with E-state index in [0.29, 0.717) is 0 Å². The standard InChI is InChI=1S/C15H11BrN2/c16-15-7-3-5-12(18-15)10-13-9-8-11-4-1-2-6-14(11)17-13/h1-9H,10H2. The van der Waals surface area contributed by atoms with E-state index in [4.69, 9.17) is 0 Å². The van der Waals surface area contributed by atoms with E-state index >= 15 is 0 Å². The van der Waals surface area contributed by atoms with E-state index in [-0.39, 0.29) is 0 Å². The highest BCUT2D eigenvalue weighted by molar-refractivity contribution is 9.10. The Labute approximate surface area is 114 Å². The average Bonchev–Trinajstić information content (AvgIpc) is 2.39. The molecule has 0 bridgehead atoms. The zero-order valence-corrected chi connectivity index (χ0v) is 11.3. The van der Waals surface area contributed by atoms with Gasteiger partial charge in [0.1, 0.15) is 4.60 Å². The molecule has 1 aromatic carbocycles. The summed E-state index contributed by atoms with van der Waals surface area (Å²) in [5.74, 6) is 0. The van der Waals surface area contributed by atoms with Crippen LogP contribution in [0.4, 0.5) is 0 Å². The molecule has 0 N–H and O–H groups in total. The molecule has 0 atom stereocenters. The molecule has 2 aromatic heterocycles. The molecule has 0 spiro atoms. The van der Waals surface area contributed by atoms with Crippen LogP contribution in [0.25, 0.3) is 10.9 Å². The Hall–Kier alpha value is -1.74. The van der Waals surface area contributed by atoms with Crippen molar-refractivity contribution in [3.63, 3.8) is 0 Å². The molecular weight excluding hydrogens is 288 g/mol. The maximum Gasteiger partial charge on any atom is 0.106 e. The first-order valence-corrected chi connectivity index (χ1v) is 6.57. The number of hydrogen-bond acceptors (Lipinski definition) is 2. The summed E-state index contributed by atoms with van der Waals surface area (Å²) in [6.45, 7) is 0. The Bertz CT molecular complexity index is 695. The first-order valence-electron chi connectivity index (χ1n) is 5.77. The minimum absolute atomic E-state index is 0.754. The van der Waals surface area contributed by atoms with Crippen LogP contribution in [0.2, 0.25) is 0 Å².